The number of morpholine rings is 1. The molecule has 0 radical (unpaired) electrons. The van der Waals surface area contributed by atoms with Crippen LogP contribution in [0.25, 0.3) is 0 Å². The van der Waals surface area contributed by atoms with Crippen molar-refractivity contribution in [2.45, 2.75) is 32.6 Å². The lowest BCUT2D eigenvalue weighted by Gasteiger charge is -2.26. The van der Waals surface area contributed by atoms with Gasteiger partial charge in [0.05, 0.1) is 31.0 Å². The average Bonchev–Trinajstić information content (AvgIpc) is 3.35. The van der Waals surface area contributed by atoms with Crippen LogP contribution in [-0.4, -0.2) is 42.9 Å². The molecule has 0 bridgehead atoms. The molecule has 2 heterocycles. The molecule has 2 aliphatic rings. The summed E-state index contributed by atoms with van der Waals surface area (Å²) in [5.74, 6) is -0.144. The number of aromatic nitrogens is 1. The van der Waals surface area contributed by atoms with Gasteiger partial charge in [0, 0.05) is 18.5 Å². The quantitative estimate of drug-likeness (QED) is 0.636. The number of rotatable bonds is 5. The van der Waals surface area contributed by atoms with Gasteiger partial charge in [-0.25, -0.2) is 10.4 Å². The number of thiazole rings is 1. The average molecular weight is 385 g/mol. The zero-order valence-electron chi connectivity index (χ0n) is 15.5. The van der Waals surface area contributed by atoms with Crippen molar-refractivity contribution in [3.05, 3.63) is 46.0 Å². The van der Waals surface area contributed by atoms with E-state index in [1.165, 1.54) is 24.0 Å². The SMILES string of the molecule is C/C(=N/NC(=O)Cc1csc(N2CCOCC2)n1)c1ccc2c(c1)CCC2. The monoisotopic (exact) mass is 384 g/mol. The molecule has 2 aromatic rings. The van der Waals surface area contributed by atoms with Gasteiger partial charge in [-0.05, 0) is 48.9 Å². The van der Waals surface area contributed by atoms with Gasteiger partial charge >= 0.3 is 0 Å². The molecule has 0 spiro atoms. The molecule has 1 aliphatic heterocycles. The highest BCUT2D eigenvalue weighted by Crippen LogP contribution is 2.23. The van der Waals surface area contributed by atoms with Crippen LogP contribution in [0.5, 0.6) is 0 Å². The summed E-state index contributed by atoms with van der Waals surface area (Å²) in [6.45, 7) is 5.08. The predicted molar refractivity (Wildman–Crippen MR) is 108 cm³/mol. The number of benzene rings is 1. The van der Waals surface area contributed by atoms with E-state index in [1.54, 1.807) is 11.3 Å². The van der Waals surface area contributed by atoms with Gasteiger partial charge in [0.2, 0.25) is 5.91 Å². The van der Waals surface area contributed by atoms with Crippen molar-refractivity contribution in [1.29, 1.82) is 0 Å². The minimum atomic E-state index is -0.144. The van der Waals surface area contributed by atoms with Crippen LogP contribution in [0.4, 0.5) is 5.13 Å². The molecule has 1 aromatic carbocycles. The highest BCUT2D eigenvalue weighted by Gasteiger charge is 2.16. The third-order valence-corrected chi connectivity index (χ3v) is 5.98. The fourth-order valence-electron chi connectivity index (χ4n) is 3.49. The number of anilines is 1. The van der Waals surface area contributed by atoms with Crippen molar-refractivity contribution in [2.24, 2.45) is 5.10 Å². The Morgan fingerprint density at radius 2 is 2.11 bits per heavy atom. The van der Waals surface area contributed by atoms with Gasteiger partial charge in [-0.1, -0.05) is 12.1 Å². The Balaban J connectivity index is 1.34. The minimum absolute atomic E-state index is 0.144. The molecule has 142 valence electrons. The number of carbonyl (C=O) groups excluding carboxylic acids is 1. The molecule has 0 saturated carbocycles. The highest BCUT2D eigenvalue weighted by atomic mass is 32.1. The molecule has 0 atom stereocenters. The Morgan fingerprint density at radius 1 is 1.30 bits per heavy atom. The van der Waals surface area contributed by atoms with Crippen LogP contribution < -0.4 is 10.3 Å². The fraction of sp³-hybridized carbons (Fsp3) is 0.450. The van der Waals surface area contributed by atoms with Gasteiger partial charge in [0.25, 0.3) is 0 Å². The van der Waals surface area contributed by atoms with E-state index in [9.17, 15) is 4.79 Å². The van der Waals surface area contributed by atoms with Crippen molar-refractivity contribution in [1.82, 2.24) is 10.4 Å². The van der Waals surface area contributed by atoms with Crippen LogP contribution >= 0.6 is 11.3 Å². The Labute approximate surface area is 163 Å². The van der Waals surface area contributed by atoms with Crippen molar-refractivity contribution in [2.75, 3.05) is 31.2 Å². The summed E-state index contributed by atoms with van der Waals surface area (Å²) in [4.78, 5) is 19.0. The topological polar surface area (TPSA) is 66.8 Å². The lowest BCUT2D eigenvalue weighted by molar-refractivity contribution is -0.120. The van der Waals surface area contributed by atoms with Gasteiger partial charge in [-0.2, -0.15) is 5.10 Å². The van der Waals surface area contributed by atoms with Gasteiger partial charge in [0.15, 0.2) is 5.13 Å². The first kappa shape index (κ1) is 18.1. The molecule has 1 aliphatic carbocycles. The number of hydrogen-bond donors (Lipinski definition) is 1. The molecule has 1 saturated heterocycles. The van der Waals surface area contributed by atoms with Gasteiger partial charge in [0.1, 0.15) is 0 Å². The number of hydrazone groups is 1. The van der Waals surface area contributed by atoms with E-state index < -0.39 is 0 Å². The first-order valence-corrected chi connectivity index (χ1v) is 10.3. The van der Waals surface area contributed by atoms with Gasteiger partial charge in [-0.15, -0.1) is 11.3 Å². The molecule has 6 nitrogen and oxygen atoms in total. The van der Waals surface area contributed by atoms with E-state index in [1.807, 2.05) is 12.3 Å². The van der Waals surface area contributed by atoms with Crippen molar-refractivity contribution in [3.63, 3.8) is 0 Å². The van der Waals surface area contributed by atoms with Gasteiger partial charge < -0.3 is 9.64 Å². The van der Waals surface area contributed by atoms with E-state index in [4.69, 9.17) is 4.74 Å². The second kappa shape index (κ2) is 8.19. The van der Waals surface area contributed by atoms with Crippen LogP contribution in [-0.2, 0) is 28.8 Å². The molecule has 1 fully saturated rings. The van der Waals surface area contributed by atoms with Crippen LogP contribution in [0.2, 0.25) is 0 Å². The lowest BCUT2D eigenvalue weighted by Crippen LogP contribution is -2.36. The van der Waals surface area contributed by atoms with Crippen molar-refractivity contribution in [3.8, 4) is 0 Å². The number of nitrogens with one attached hydrogen (secondary N) is 1. The third-order valence-electron chi connectivity index (χ3n) is 5.03. The normalized spacial score (nSPS) is 17.1. The Hall–Kier alpha value is -2.25. The lowest BCUT2D eigenvalue weighted by atomic mass is 10.0. The van der Waals surface area contributed by atoms with Gasteiger partial charge in [-0.3, -0.25) is 4.79 Å². The Morgan fingerprint density at radius 3 is 2.96 bits per heavy atom. The van der Waals surface area contributed by atoms with E-state index in [0.29, 0.717) is 0 Å². The van der Waals surface area contributed by atoms with E-state index in [0.717, 1.165) is 54.8 Å². The molecule has 27 heavy (non-hydrogen) atoms. The largest absolute Gasteiger partial charge is 0.378 e. The summed E-state index contributed by atoms with van der Waals surface area (Å²) >= 11 is 1.57. The number of carbonyl (C=O) groups is 1. The summed E-state index contributed by atoms with van der Waals surface area (Å²) in [7, 11) is 0. The number of ether oxygens (including phenoxy) is 1. The molecule has 4 rings (SSSR count). The Bertz CT molecular complexity index is 855. The summed E-state index contributed by atoms with van der Waals surface area (Å²) < 4.78 is 5.36. The van der Waals surface area contributed by atoms with Crippen LogP contribution in [0.3, 0.4) is 0 Å². The number of amides is 1. The van der Waals surface area contributed by atoms with E-state index >= 15 is 0 Å². The number of fused-ring (bicyclic) bond motifs is 1. The minimum Gasteiger partial charge on any atom is -0.378 e. The zero-order valence-corrected chi connectivity index (χ0v) is 16.3. The summed E-state index contributed by atoms with van der Waals surface area (Å²) in [5.41, 5.74) is 8.19. The smallest absolute Gasteiger partial charge is 0.246 e. The maximum absolute atomic E-state index is 12.2. The second-order valence-electron chi connectivity index (χ2n) is 6.97. The van der Waals surface area contributed by atoms with E-state index in [-0.39, 0.29) is 12.3 Å². The Kier molecular flexibility index (Phi) is 5.50. The van der Waals surface area contributed by atoms with Crippen LogP contribution in [0.1, 0.15) is 35.7 Å². The zero-order chi connectivity index (χ0) is 18.6. The number of nitrogens with zero attached hydrogens (tertiary/aromatic N) is 3. The molecule has 0 unspecified atom stereocenters. The van der Waals surface area contributed by atoms with Crippen LogP contribution in [0.15, 0.2) is 28.7 Å². The highest BCUT2D eigenvalue weighted by molar-refractivity contribution is 7.13. The fourth-order valence-corrected chi connectivity index (χ4v) is 4.37. The third kappa shape index (κ3) is 4.36. The van der Waals surface area contributed by atoms with Crippen molar-refractivity contribution >= 4 is 28.1 Å². The summed E-state index contributed by atoms with van der Waals surface area (Å²) in [5, 5.41) is 7.18. The standard InChI is InChI=1S/C20H24N4O2S/c1-14(16-6-5-15-3-2-4-17(15)11-16)22-23-19(25)12-18-13-27-20(21-18)24-7-9-26-10-8-24/h5-6,11,13H,2-4,7-10,12H2,1H3,(H,23,25)/b22-14-. The summed E-state index contributed by atoms with van der Waals surface area (Å²) in [6.07, 6.45) is 3.77. The number of hydrogen-bond acceptors (Lipinski definition) is 6. The van der Waals surface area contributed by atoms with E-state index in [2.05, 4.69) is 38.6 Å². The molecule has 1 amide bonds. The predicted octanol–water partition coefficient (Wildman–Crippen LogP) is 2.55. The maximum atomic E-state index is 12.2. The first-order chi connectivity index (χ1) is 13.2. The molecular formula is C20H24N4O2S. The van der Waals surface area contributed by atoms with Crippen molar-refractivity contribution < 1.29 is 9.53 Å². The molecule has 1 N–H and O–H groups in total. The maximum Gasteiger partial charge on any atom is 0.246 e. The molecule has 1 aromatic heterocycles. The molecule has 7 heteroatoms. The van der Waals surface area contributed by atoms with Crippen LogP contribution in [0, 0.1) is 0 Å². The second-order valence-corrected chi connectivity index (χ2v) is 7.80. The molecular weight excluding hydrogens is 360 g/mol. The number of aryl methyl sites for hydroxylation is 2. The first-order valence-electron chi connectivity index (χ1n) is 9.41. The summed E-state index contributed by atoms with van der Waals surface area (Å²) in [6, 6.07) is 6.47.